The number of halogens is 3. The number of carbonyl (C=O) groups is 1. The van der Waals surface area contributed by atoms with E-state index in [0.29, 0.717) is 37.7 Å². The van der Waals surface area contributed by atoms with Gasteiger partial charge in [-0.3, -0.25) is 4.79 Å². The zero-order chi connectivity index (χ0) is 19.4. The van der Waals surface area contributed by atoms with Gasteiger partial charge in [-0.25, -0.2) is 4.98 Å². The predicted molar refractivity (Wildman–Crippen MR) is 99.0 cm³/mol. The van der Waals surface area contributed by atoms with E-state index in [1.54, 1.807) is 5.38 Å². The zero-order valence-corrected chi connectivity index (χ0v) is 15.4. The van der Waals surface area contributed by atoms with Crippen molar-refractivity contribution in [3.8, 4) is 0 Å². The molecule has 0 spiro atoms. The van der Waals surface area contributed by atoms with Gasteiger partial charge in [-0.2, -0.15) is 13.2 Å². The second-order valence-corrected chi connectivity index (χ2v) is 7.01. The highest BCUT2D eigenvalue weighted by molar-refractivity contribution is 7.09. The van der Waals surface area contributed by atoms with E-state index in [2.05, 4.69) is 10.3 Å². The van der Waals surface area contributed by atoms with E-state index in [9.17, 15) is 18.0 Å². The summed E-state index contributed by atoms with van der Waals surface area (Å²) in [4.78, 5) is 18.3. The second-order valence-electron chi connectivity index (χ2n) is 5.94. The SMILES string of the molecule is Cc1nc(/C=C/C(=O)Nc2cc(C(F)(F)F)ccc2N2CCOCC2)cs1. The molecule has 1 N–H and O–H groups in total. The summed E-state index contributed by atoms with van der Waals surface area (Å²) in [6.07, 6.45) is -1.70. The van der Waals surface area contributed by atoms with E-state index < -0.39 is 17.6 Å². The highest BCUT2D eigenvalue weighted by atomic mass is 32.1. The van der Waals surface area contributed by atoms with Crippen molar-refractivity contribution >= 4 is 34.7 Å². The fourth-order valence-corrected chi connectivity index (χ4v) is 3.27. The average Bonchev–Trinajstić information content (AvgIpc) is 3.05. The Morgan fingerprint density at radius 2 is 2.07 bits per heavy atom. The Morgan fingerprint density at radius 3 is 2.70 bits per heavy atom. The summed E-state index contributed by atoms with van der Waals surface area (Å²) in [7, 11) is 0. The van der Waals surface area contributed by atoms with Crippen LogP contribution in [0.1, 0.15) is 16.3 Å². The smallest absolute Gasteiger partial charge is 0.378 e. The molecule has 144 valence electrons. The van der Waals surface area contributed by atoms with Gasteiger partial charge in [-0.05, 0) is 31.2 Å². The van der Waals surface area contributed by atoms with Gasteiger partial charge in [0.15, 0.2) is 0 Å². The Morgan fingerprint density at radius 1 is 1.33 bits per heavy atom. The van der Waals surface area contributed by atoms with Gasteiger partial charge < -0.3 is 15.0 Å². The minimum Gasteiger partial charge on any atom is -0.378 e. The number of thiazole rings is 1. The molecule has 1 aromatic carbocycles. The lowest BCUT2D eigenvalue weighted by Crippen LogP contribution is -2.36. The lowest BCUT2D eigenvalue weighted by Gasteiger charge is -2.30. The second kappa shape index (κ2) is 8.10. The van der Waals surface area contributed by atoms with Gasteiger partial charge in [0.25, 0.3) is 0 Å². The fourth-order valence-electron chi connectivity index (χ4n) is 2.68. The number of nitrogens with one attached hydrogen (secondary N) is 1. The van der Waals surface area contributed by atoms with E-state index >= 15 is 0 Å². The van der Waals surface area contributed by atoms with Crippen LogP contribution in [-0.4, -0.2) is 37.2 Å². The van der Waals surface area contributed by atoms with E-state index in [1.807, 2.05) is 11.8 Å². The average molecular weight is 397 g/mol. The highest BCUT2D eigenvalue weighted by Gasteiger charge is 2.31. The maximum absolute atomic E-state index is 13.1. The van der Waals surface area contributed by atoms with Crippen LogP contribution in [0.3, 0.4) is 0 Å². The maximum atomic E-state index is 13.1. The van der Waals surface area contributed by atoms with Crippen LogP contribution in [0.2, 0.25) is 0 Å². The number of alkyl halides is 3. The van der Waals surface area contributed by atoms with Gasteiger partial charge in [-0.1, -0.05) is 0 Å². The minimum atomic E-state index is -4.49. The number of hydrogen-bond acceptors (Lipinski definition) is 5. The fraction of sp³-hybridized carbons (Fsp3) is 0.333. The largest absolute Gasteiger partial charge is 0.416 e. The van der Waals surface area contributed by atoms with Crippen LogP contribution >= 0.6 is 11.3 Å². The van der Waals surface area contributed by atoms with Crippen molar-refractivity contribution in [1.29, 1.82) is 0 Å². The number of nitrogens with zero attached hydrogens (tertiary/aromatic N) is 2. The summed E-state index contributed by atoms with van der Waals surface area (Å²) < 4.78 is 44.5. The van der Waals surface area contributed by atoms with Crippen LogP contribution in [0, 0.1) is 6.92 Å². The first kappa shape index (κ1) is 19.4. The predicted octanol–water partition coefficient (Wildman–Crippen LogP) is 3.96. The molecule has 0 atom stereocenters. The molecule has 5 nitrogen and oxygen atoms in total. The summed E-state index contributed by atoms with van der Waals surface area (Å²) >= 11 is 1.45. The maximum Gasteiger partial charge on any atom is 0.416 e. The van der Waals surface area contributed by atoms with Crippen LogP contribution < -0.4 is 10.2 Å². The monoisotopic (exact) mass is 397 g/mol. The van der Waals surface area contributed by atoms with Crippen molar-refractivity contribution in [2.45, 2.75) is 13.1 Å². The van der Waals surface area contributed by atoms with Crippen LogP contribution in [-0.2, 0) is 15.7 Å². The highest BCUT2D eigenvalue weighted by Crippen LogP contribution is 2.35. The molecule has 2 aromatic rings. The minimum absolute atomic E-state index is 0.121. The molecule has 1 aromatic heterocycles. The summed E-state index contributed by atoms with van der Waals surface area (Å²) in [6, 6.07) is 3.37. The molecule has 1 amide bonds. The molecule has 0 radical (unpaired) electrons. The Labute approximate surface area is 158 Å². The number of hydrogen-bond donors (Lipinski definition) is 1. The number of ether oxygens (including phenoxy) is 1. The standard InChI is InChI=1S/C18H18F3N3O2S/c1-12-22-14(11-27-12)3-5-17(25)23-15-10-13(18(19,20)21)2-4-16(15)24-6-8-26-9-7-24/h2-5,10-11H,6-9H2,1H3,(H,23,25)/b5-3+. The van der Waals surface area contributed by atoms with Gasteiger partial charge in [-0.15, -0.1) is 11.3 Å². The van der Waals surface area contributed by atoms with Crippen molar-refractivity contribution in [3.05, 3.63) is 45.9 Å². The number of rotatable bonds is 4. The number of aryl methyl sites for hydroxylation is 1. The van der Waals surface area contributed by atoms with Gasteiger partial charge >= 0.3 is 6.18 Å². The third-order valence-corrected chi connectivity index (χ3v) is 4.77. The molecular weight excluding hydrogens is 379 g/mol. The first-order valence-corrected chi connectivity index (χ1v) is 9.16. The summed E-state index contributed by atoms with van der Waals surface area (Å²) in [5, 5.41) is 5.22. The number of amides is 1. The molecule has 1 fully saturated rings. The van der Waals surface area contributed by atoms with Crippen LogP contribution in [0.5, 0.6) is 0 Å². The van der Waals surface area contributed by atoms with Crippen molar-refractivity contribution in [3.63, 3.8) is 0 Å². The van der Waals surface area contributed by atoms with Crippen LogP contribution in [0.25, 0.3) is 6.08 Å². The molecular formula is C18H18F3N3O2S. The molecule has 1 aliphatic rings. The zero-order valence-electron chi connectivity index (χ0n) is 14.5. The first-order valence-electron chi connectivity index (χ1n) is 8.28. The van der Waals surface area contributed by atoms with E-state index in [-0.39, 0.29) is 5.69 Å². The number of carbonyl (C=O) groups excluding carboxylic acids is 1. The summed E-state index contributed by atoms with van der Waals surface area (Å²) in [5.41, 5.74) is 0.479. The topological polar surface area (TPSA) is 54.5 Å². The first-order chi connectivity index (χ1) is 12.8. The Bertz CT molecular complexity index is 843. The Hall–Kier alpha value is -2.39. The number of morpholine rings is 1. The summed E-state index contributed by atoms with van der Waals surface area (Å²) in [5.74, 6) is -0.519. The molecule has 0 bridgehead atoms. The third-order valence-electron chi connectivity index (χ3n) is 3.98. The quantitative estimate of drug-likeness (QED) is 0.794. The molecule has 0 aliphatic carbocycles. The van der Waals surface area contributed by atoms with Gasteiger partial charge in [0, 0.05) is 24.5 Å². The molecule has 2 heterocycles. The molecule has 9 heteroatoms. The van der Waals surface area contributed by atoms with Crippen molar-refractivity contribution < 1.29 is 22.7 Å². The lowest BCUT2D eigenvalue weighted by atomic mass is 10.1. The number of benzene rings is 1. The molecule has 1 saturated heterocycles. The normalized spacial score (nSPS) is 15.3. The van der Waals surface area contributed by atoms with Gasteiger partial charge in [0.05, 0.1) is 40.9 Å². The van der Waals surface area contributed by atoms with Crippen molar-refractivity contribution in [2.24, 2.45) is 0 Å². The Balaban J connectivity index is 1.83. The van der Waals surface area contributed by atoms with Gasteiger partial charge in [0.2, 0.25) is 5.91 Å². The molecule has 0 saturated carbocycles. The molecule has 0 unspecified atom stereocenters. The summed E-state index contributed by atoms with van der Waals surface area (Å²) in [6.45, 7) is 3.90. The van der Waals surface area contributed by atoms with Gasteiger partial charge in [0.1, 0.15) is 0 Å². The van der Waals surface area contributed by atoms with E-state index in [0.717, 1.165) is 17.1 Å². The van der Waals surface area contributed by atoms with Crippen LogP contribution in [0.15, 0.2) is 29.7 Å². The van der Waals surface area contributed by atoms with E-state index in [4.69, 9.17) is 4.74 Å². The van der Waals surface area contributed by atoms with E-state index in [1.165, 1.54) is 29.6 Å². The lowest BCUT2D eigenvalue weighted by molar-refractivity contribution is -0.137. The van der Waals surface area contributed by atoms with Crippen LogP contribution in [0.4, 0.5) is 24.5 Å². The number of anilines is 2. The molecule has 1 aliphatic heterocycles. The van der Waals surface area contributed by atoms with Crippen molar-refractivity contribution in [1.82, 2.24) is 4.98 Å². The number of aromatic nitrogens is 1. The van der Waals surface area contributed by atoms with Crippen molar-refractivity contribution in [2.75, 3.05) is 36.5 Å². The third kappa shape index (κ3) is 5.08. The molecule has 27 heavy (non-hydrogen) atoms. The Kier molecular flexibility index (Phi) is 5.81. The molecule has 3 rings (SSSR count).